The number of hydrogen-bond acceptors (Lipinski definition) is 4. The second kappa shape index (κ2) is 8.06. The van der Waals surface area contributed by atoms with Crippen LogP contribution >= 0.6 is 11.8 Å². The minimum Gasteiger partial charge on any atom is -0.339 e. The largest absolute Gasteiger partial charge is 0.406 e. The molecule has 3 aromatic rings. The zero-order chi connectivity index (χ0) is 21.3. The summed E-state index contributed by atoms with van der Waals surface area (Å²) in [5.74, 6) is 0.506. The number of carbonyl (C=O) groups is 1. The van der Waals surface area contributed by atoms with E-state index in [2.05, 4.69) is 10.2 Å². The summed E-state index contributed by atoms with van der Waals surface area (Å²) in [5, 5.41) is 8.84. The number of benzene rings is 1. The number of halogens is 3. The molecule has 0 aliphatic rings. The van der Waals surface area contributed by atoms with Gasteiger partial charge in [0.25, 0.3) is 0 Å². The minimum absolute atomic E-state index is 0.0559. The van der Waals surface area contributed by atoms with Gasteiger partial charge >= 0.3 is 6.18 Å². The van der Waals surface area contributed by atoms with Crippen LogP contribution in [0.2, 0.25) is 0 Å². The van der Waals surface area contributed by atoms with Crippen LogP contribution in [0.1, 0.15) is 33.1 Å². The summed E-state index contributed by atoms with van der Waals surface area (Å²) in [7, 11) is 0. The standard InChI is InChI=1S/C20H21F3N4OS/c1-12-7-5-6-8-17(12)27-15(4)24-25-19(27)29-10-18(28)16-9-13(2)26(14(16)3)11-20(21,22)23/h5-9H,10-11H2,1-4H3. The molecule has 5 nitrogen and oxygen atoms in total. The van der Waals surface area contributed by atoms with Crippen LogP contribution in [0.4, 0.5) is 13.2 Å². The molecule has 0 spiro atoms. The summed E-state index contributed by atoms with van der Waals surface area (Å²) < 4.78 is 41.4. The third-order valence-corrected chi connectivity index (χ3v) is 5.62. The summed E-state index contributed by atoms with van der Waals surface area (Å²) in [4.78, 5) is 12.7. The molecular formula is C20H21F3N4OS. The molecule has 0 radical (unpaired) electrons. The Balaban J connectivity index is 1.81. The SMILES string of the molecule is Cc1ccccc1-n1c(C)nnc1SCC(=O)c1cc(C)n(CC(F)(F)F)c1C. The summed E-state index contributed by atoms with van der Waals surface area (Å²) in [5.41, 5.74) is 3.00. The van der Waals surface area contributed by atoms with Crippen molar-refractivity contribution in [3.8, 4) is 5.69 Å². The highest BCUT2D eigenvalue weighted by molar-refractivity contribution is 7.99. The maximum atomic E-state index is 12.8. The normalized spacial score (nSPS) is 11.8. The molecule has 0 bridgehead atoms. The molecule has 9 heteroatoms. The van der Waals surface area contributed by atoms with Crippen molar-refractivity contribution in [1.29, 1.82) is 0 Å². The Kier molecular flexibility index (Phi) is 5.88. The molecule has 0 atom stereocenters. The number of nitrogens with zero attached hydrogens (tertiary/aromatic N) is 4. The van der Waals surface area contributed by atoms with E-state index >= 15 is 0 Å². The zero-order valence-corrected chi connectivity index (χ0v) is 17.4. The Morgan fingerprint density at radius 3 is 2.45 bits per heavy atom. The van der Waals surface area contributed by atoms with E-state index in [1.54, 1.807) is 6.92 Å². The van der Waals surface area contributed by atoms with Crippen molar-refractivity contribution in [2.45, 2.75) is 45.6 Å². The summed E-state index contributed by atoms with van der Waals surface area (Å²) in [6.45, 7) is 5.81. The molecule has 0 aliphatic heterocycles. The molecule has 0 saturated carbocycles. The lowest BCUT2D eigenvalue weighted by molar-refractivity contribution is -0.141. The Labute approximate surface area is 170 Å². The lowest BCUT2D eigenvalue weighted by atomic mass is 10.2. The molecule has 3 rings (SSSR count). The van der Waals surface area contributed by atoms with Crippen LogP contribution in [0, 0.1) is 27.7 Å². The number of Topliss-reactive ketones (excluding diaryl/α,β-unsaturated/α-hetero) is 1. The molecule has 0 fully saturated rings. The molecule has 154 valence electrons. The number of alkyl halides is 3. The van der Waals surface area contributed by atoms with E-state index in [-0.39, 0.29) is 11.5 Å². The molecular weight excluding hydrogens is 401 g/mol. The van der Waals surface area contributed by atoms with Crippen LogP contribution in [0.15, 0.2) is 35.5 Å². The number of para-hydroxylation sites is 1. The van der Waals surface area contributed by atoms with E-state index in [0.29, 0.717) is 27.9 Å². The van der Waals surface area contributed by atoms with Crippen LogP contribution in [0.5, 0.6) is 0 Å². The third kappa shape index (κ3) is 4.55. The van der Waals surface area contributed by atoms with Gasteiger partial charge in [-0.3, -0.25) is 9.36 Å². The number of carbonyl (C=O) groups excluding carboxylic acids is 1. The van der Waals surface area contributed by atoms with Gasteiger partial charge < -0.3 is 4.57 Å². The van der Waals surface area contributed by atoms with E-state index in [1.165, 1.54) is 24.8 Å². The topological polar surface area (TPSA) is 52.7 Å². The number of ketones is 1. The van der Waals surface area contributed by atoms with Gasteiger partial charge in [-0.1, -0.05) is 30.0 Å². The molecule has 0 aliphatic carbocycles. The van der Waals surface area contributed by atoms with Crippen molar-refractivity contribution < 1.29 is 18.0 Å². The van der Waals surface area contributed by atoms with Gasteiger partial charge in [-0.2, -0.15) is 13.2 Å². The maximum absolute atomic E-state index is 12.8. The van der Waals surface area contributed by atoms with Gasteiger partial charge in [0.05, 0.1) is 11.4 Å². The fraction of sp³-hybridized carbons (Fsp3) is 0.350. The second-order valence-electron chi connectivity index (χ2n) is 6.85. The predicted octanol–water partition coefficient (Wildman–Crippen LogP) is 4.84. The Bertz CT molecular complexity index is 1050. The van der Waals surface area contributed by atoms with Gasteiger partial charge in [0, 0.05) is 17.0 Å². The number of aryl methyl sites for hydroxylation is 3. The smallest absolute Gasteiger partial charge is 0.339 e. The van der Waals surface area contributed by atoms with Crippen molar-refractivity contribution in [3.05, 3.63) is 58.7 Å². The highest BCUT2D eigenvalue weighted by Gasteiger charge is 2.30. The number of rotatable bonds is 6. The quantitative estimate of drug-likeness (QED) is 0.421. The minimum atomic E-state index is -4.34. The van der Waals surface area contributed by atoms with Gasteiger partial charge in [-0.25, -0.2) is 0 Å². The van der Waals surface area contributed by atoms with E-state index in [4.69, 9.17) is 0 Å². The van der Waals surface area contributed by atoms with Gasteiger partial charge in [0.15, 0.2) is 10.9 Å². The molecule has 2 aromatic heterocycles. The van der Waals surface area contributed by atoms with Crippen molar-refractivity contribution >= 4 is 17.5 Å². The molecule has 0 unspecified atom stereocenters. The second-order valence-corrected chi connectivity index (χ2v) is 7.79. The Hall–Kier alpha value is -2.55. The van der Waals surface area contributed by atoms with Gasteiger partial charge in [0.2, 0.25) is 0 Å². The summed E-state index contributed by atoms with van der Waals surface area (Å²) >= 11 is 1.22. The Morgan fingerprint density at radius 2 is 1.79 bits per heavy atom. The van der Waals surface area contributed by atoms with E-state index < -0.39 is 12.7 Å². The van der Waals surface area contributed by atoms with Crippen molar-refractivity contribution in [2.75, 3.05) is 5.75 Å². The number of aromatic nitrogens is 4. The molecule has 1 aromatic carbocycles. The molecule has 0 N–H and O–H groups in total. The zero-order valence-electron chi connectivity index (χ0n) is 16.5. The average Bonchev–Trinajstić information content (AvgIpc) is 3.13. The maximum Gasteiger partial charge on any atom is 0.406 e. The van der Waals surface area contributed by atoms with Crippen LogP contribution in [0.3, 0.4) is 0 Å². The molecule has 29 heavy (non-hydrogen) atoms. The number of thioether (sulfide) groups is 1. The van der Waals surface area contributed by atoms with Crippen molar-refractivity contribution in [3.63, 3.8) is 0 Å². The van der Waals surface area contributed by atoms with Crippen LogP contribution in [0.25, 0.3) is 5.69 Å². The highest BCUT2D eigenvalue weighted by Crippen LogP contribution is 2.27. The molecule has 0 saturated heterocycles. The lowest BCUT2D eigenvalue weighted by Gasteiger charge is -2.12. The Morgan fingerprint density at radius 1 is 1.10 bits per heavy atom. The highest BCUT2D eigenvalue weighted by atomic mass is 32.2. The average molecular weight is 422 g/mol. The van der Waals surface area contributed by atoms with Gasteiger partial charge in [-0.05, 0) is 45.4 Å². The monoisotopic (exact) mass is 422 g/mol. The third-order valence-electron chi connectivity index (χ3n) is 4.70. The van der Waals surface area contributed by atoms with Crippen LogP contribution in [-0.2, 0) is 6.54 Å². The predicted molar refractivity (Wildman–Crippen MR) is 106 cm³/mol. The first-order valence-corrected chi connectivity index (χ1v) is 9.94. The molecule has 2 heterocycles. The van der Waals surface area contributed by atoms with E-state index in [1.807, 2.05) is 42.7 Å². The fourth-order valence-corrected chi connectivity index (χ4v) is 4.12. The van der Waals surface area contributed by atoms with Crippen LogP contribution in [-0.4, -0.2) is 37.0 Å². The van der Waals surface area contributed by atoms with E-state index in [0.717, 1.165) is 15.8 Å². The number of hydrogen-bond donors (Lipinski definition) is 0. The molecule has 0 amide bonds. The summed E-state index contributed by atoms with van der Waals surface area (Å²) in [6, 6.07) is 9.29. The lowest BCUT2D eigenvalue weighted by Crippen LogP contribution is -2.19. The van der Waals surface area contributed by atoms with Gasteiger partial charge in [0.1, 0.15) is 12.4 Å². The first-order chi connectivity index (χ1) is 13.6. The first-order valence-electron chi connectivity index (χ1n) is 8.96. The van der Waals surface area contributed by atoms with E-state index in [9.17, 15) is 18.0 Å². The van der Waals surface area contributed by atoms with Gasteiger partial charge in [-0.15, -0.1) is 10.2 Å². The van der Waals surface area contributed by atoms with Crippen molar-refractivity contribution in [1.82, 2.24) is 19.3 Å². The first kappa shape index (κ1) is 21.2. The summed E-state index contributed by atoms with van der Waals surface area (Å²) in [6.07, 6.45) is -4.34. The fourth-order valence-electron chi connectivity index (χ4n) is 3.24. The van der Waals surface area contributed by atoms with Crippen LogP contribution < -0.4 is 0 Å². The van der Waals surface area contributed by atoms with Crippen molar-refractivity contribution in [2.24, 2.45) is 0 Å².